The van der Waals surface area contributed by atoms with Crippen LogP contribution in [0.5, 0.6) is 0 Å². The highest BCUT2D eigenvalue weighted by Gasteiger charge is 2.30. The second kappa shape index (κ2) is 5.82. The van der Waals surface area contributed by atoms with Gasteiger partial charge in [-0.1, -0.05) is 12.1 Å². The molecule has 2 aromatic rings. The zero-order chi connectivity index (χ0) is 15.5. The minimum absolute atomic E-state index is 0.0769. The van der Waals surface area contributed by atoms with Gasteiger partial charge in [0, 0.05) is 18.4 Å². The highest BCUT2D eigenvalue weighted by Crippen LogP contribution is 2.28. The summed E-state index contributed by atoms with van der Waals surface area (Å²) in [5.74, 6) is -0.550. The number of aromatic nitrogens is 1. The third kappa shape index (κ3) is 3.95. The van der Waals surface area contributed by atoms with Gasteiger partial charge in [0.1, 0.15) is 5.69 Å². The van der Waals surface area contributed by atoms with Crippen molar-refractivity contribution in [2.45, 2.75) is 12.7 Å². The van der Waals surface area contributed by atoms with Gasteiger partial charge >= 0.3 is 6.18 Å². The summed E-state index contributed by atoms with van der Waals surface area (Å²) in [6, 6.07) is 8.78. The second-order valence-corrected chi connectivity index (χ2v) is 4.36. The van der Waals surface area contributed by atoms with Crippen molar-refractivity contribution in [3.05, 3.63) is 59.4 Å². The van der Waals surface area contributed by atoms with Crippen molar-refractivity contribution in [2.75, 3.05) is 5.73 Å². The van der Waals surface area contributed by atoms with Gasteiger partial charge in [-0.05, 0) is 29.8 Å². The molecule has 0 unspecified atom stereocenters. The van der Waals surface area contributed by atoms with Crippen molar-refractivity contribution in [1.82, 2.24) is 10.3 Å². The van der Waals surface area contributed by atoms with Crippen LogP contribution in [0.1, 0.15) is 21.6 Å². The molecule has 1 heterocycles. The van der Waals surface area contributed by atoms with E-state index in [9.17, 15) is 18.0 Å². The lowest BCUT2D eigenvalue weighted by Crippen LogP contribution is -2.24. The largest absolute Gasteiger partial charge is 0.417 e. The van der Waals surface area contributed by atoms with Gasteiger partial charge in [0.25, 0.3) is 5.91 Å². The number of pyridine rings is 1. The Kier molecular flexibility index (Phi) is 4.11. The summed E-state index contributed by atoms with van der Waals surface area (Å²) in [7, 11) is 0. The third-order valence-corrected chi connectivity index (χ3v) is 2.73. The Labute approximate surface area is 118 Å². The van der Waals surface area contributed by atoms with E-state index < -0.39 is 17.6 Å². The van der Waals surface area contributed by atoms with Crippen LogP contribution in [-0.2, 0) is 12.7 Å². The number of amides is 1. The molecule has 1 aromatic heterocycles. The lowest BCUT2D eigenvalue weighted by molar-refractivity contribution is -0.137. The molecular formula is C14H12F3N3O. The molecule has 0 fully saturated rings. The molecule has 7 heteroatoms. The van der Waals surface area contributed by atoms with Gasteiger partial charge in [0.15, 0.2) is 0 Å². The molecule has 21 heavy (non-hydrogen) atoms. The first kappa shape index (κ1) is 14.8. The minimum atomic E-state index is -4.47. The van der Waals surface area contributed by atoms with Gasteiger partial charge in [-0.25, -0.2) is 0 Å². The van der Waals surface area contributed by atoms with E-state index in [0.717, 1.165) is 17.7 Å². The number of nitrogen functional groups attached to an aromatic ring is 1. The normalized spacial score (nSPS) is 11.2. The molecule has 2 rings (SSSR count). The van der Waals surface area contributed by atoms with Crippen LogP contribution in [0.3, 0.4) is 0 Å². The van der Waals surface area contributed by atoms with Gasteiger partial charge in [0.05, 0.1) is 5.56 Å². The fraction of sp³-hybridized carbons (Fsp3) is 0.143. The number of nitrogens with one attached hydrogen (secondary N) is 1. The summed E-state index contributed by atoms with van der Waals surface area (Å²) in [6.45, 7) is 0.215. The van der Waals surface area contributed by atoms with Gasteiger partial charge < -0.3 is 11.1 Å². The van der Waals surface area contributed by atoms with Crippen molar-refractivity contribution in [3.63, 3.8) is 0 Å². The number of alkyl halides is 3. The summed E-state index contributed by atoms with van der Waals surface area (Å²) < 4.78 is 37.1. The Balaban J connectivity index is 2.00. The fourth-order valence-electron chi connectivity index (χ4n) is 1.67. The van der Waals surface area contributed by atoms with Gasteiger partial charge in [-0.2, -0.15) is 13.2 Å². The van der Waals surface area contributed by atoms with Crippen LogP contribution >= 0.6 is 0 Å². The number of halogens is 3. The molecule has 4 nitrogen and oxygen atoms in total. The van der Waals surface area contributed by atoms with Crippen molar-refractivity contribution >= 4 is 11.6 Å². The number of nitrogens with zero attached hydrogens (tertiary/aromatic N) is 1. The maximum atomic E-state index is 12.4. The lowest BCUT2D eigenvalue weighted by atomic mass is 10.2. The van der Waals surface area contributed by atoms with Crippen LogP contribution in [0.4, 0.5) is 18.9 Å². The molecule has 0 aliphatic heterocycles. The molecule has 0 saturated carbocycles. The number of anilines is 1. The molecule has 1 aromatic carbocycles. The van der Waals surface area contributed by atoms with Crippen LogP contribution in [-0.4, -0.2) is 10.9 Å². The predicted molar refractivity (Wildman–Crippen MR) is 71.3 cm³/mol. The number of nitrogens with two attached hydrogens (primary N) is 1. The third-order valence-electron chi connectivity index (χ3n) is 2.73. The average molecular weight is 295 g/mol. The number of carbonyl (C=O) groups excluding carboxylic acids is 1. The van der Waals surface area contributed by atoms with Gasteiger partial charge in [0.2, 0.25) is 0 Å². The zero-order valence-corrected chi connectivity index (χ0v) is 10.8. The molecule has 0 aliphatic rings. The first-order chi connectivity index (χ1) is 9.86. The first-order valence-electron chi connectivity index (χ1n) is 6.02. The van der Waals surface area contributed by atoms with Crippen LogP contribution in [0.25, 0.3) is 0 Å². The number of hydrogen-bond acceptors (Lipinski definition) is 3. The minimum Gasteiger partial charge on any atom is -0.399 e. The Morgan fingerprint density at radius 3 is 2.57 bits per heavy atom. The van der Waals surface area contributed by atoms with Crippen molar-refractivity contribution < 1.29 is 18.0 Å². The molecule has 0 saturated heterocycles. The van der Waals surface area contributed by atoms with Gasteiger partial charge in [-0.3, -0.25) is 9.78 Å². The first-order valence-corrected chi connectivity index (χ1v) is 6.02. The predicted octanol–water partition coefficient (Wildman–Crippen LogP) is 2.61. The Hall–Kier alpha value is -2.57. The van der Waals surface area contributed by atoms with E-state index in [1.165, 1.54) is 0 Å². The Morgan fingerprint density at radius 1 is 1.24 bits per heavy atom. The van der Waals surface area contributed by atoms with Crippen molar-refractivity contribution in [2.24, 2.45) is 0 Å². The Morgan fingerprint density at radius 2 is 2.00 bits per heavy atom. The maximum Gasteiger partial charge on any atom is 0.417 e. The summed E-state index contributed by atoms with van der Waals surface area (Å²) in [4.78, 5) is 15.3. The molecular weight excluding hydrogens is 283 g/mol. The van der Waals surface area contributed by atoms with E-state index >= 15 is 0 Å². The van der Waals surface area contributed by atoms with Crippen LogP contribution in [0.2, 0.25) is 0 Å². The van der Waals surface area contributed by atoms with Crippen LogP contribution in [0, 0.1) is 0 Å². The lowest BCUT2D eigenvalue weighted by Gasteiger charge is -2.08. The number of carbonyl (C=O) groups is 1. The summed E-state index contributed by atoms with van der Waals surface area (Å²) in [5.41, 5.74) is 5.98. The van der Waals surface area contributed by atoms with E-state index in [4.69, 9.17) is 5.73 Å². The number of hydrogen-bond donors (Lipinski definition) is 2. The standard InChI is InChI=1S/C14H12F3N3O/c15-14(16,17)10-4-5-12(19-8-10)13(21)20-7-9-2-1-3-11(18)6-9/h1-6,8H,7,18H2,(H,20,21). The van der Waals surface area contributed by atoms with E-state index in [1.807, 2.05) is 0 Å². The molecule has 3 N–H and O–H groups in total. The van der Waals surface area contributed by atoms with E-state index in [0.29, 0.717) is 11.9 Å². The van der Waals surface area contributed by atoms with E-state index in [2.05, 4.69) is 10.3 Å². The van der Waals surface area contributed by atoms with Crippen molar-refractivity contribution in [3.8, 4) is 0 Å². The molecule has 0 aliphatic carbocycles. The van der Waals surface area contributed by atoms with Crippen molar-refractivity contribution in [1.29, 1.82) is 0 Å². The fourth-order valence-corrected chi connectivity index (χ4v) is 1.67. The van der Waals surface area contributed by atoms with Crippen LogP contribution in [0.15, 0.2) is 42.6 Å². The molecule has 0 atom stereocenters. The highest BCUT2D eigenvalue weighted by atomic mass is 19.4. The summed E-state index contributed by atoms with van der Waals surface area (Å²) >= 11 is 0. The molecule has 0 spiro atoms. The zero-order valence-electron chi connectivity index (χ0n) is 10.8. The van der Waals surface area contributed by atoms with E-state index in [-0.39, 0.29) is 12.2 Å². The molecule has 1 amide bonds. The quantitative estimate of drug-likeness (QED) is 0.855. The topological polar surface area (TPSA) is 68.0 Å². The second-order valence-electron chi connectivity index (χ2n) is 4.36. The van der Waals surface area contributed by atoms with Gasteiger partial charge in [-0.15, -0.1) is 0 Å². The number of rotatable bonds is 3. The monoisotopic (exact) mass is 295 g/mol. The molecule has 110 valence electrons. The number of benzene rings is 1. The molecule has 0 radical (unpaired) electrons. The smallest absolute Gasteiger partial charge is 0.399 e. The Bertz CT molecular complexity index is 639. The summed E-state index contributed by atoms with van der Waals surface area (Å²) in [5, 5.41) is 2.56. The van der Waals surface area contributed by atoms with Crippen LogP contribution < -0.4 is 11.1 Å². The SMILES string of the molecule is Nc1cccc(CNC(=O)c2ccc(C(F)(F)F)cn2)c1. The maximum absolute atomic E-state index is 12.4. The average Bonchev–Trinajstić information content (AvgIpc) is 2.44. The summed E-state index contributed by atoms with van der Waals surface area (Å²) in [6.07, 6.45) is -3.83. The highest BCUT2D eigenvalue weighted by molar-refractivity contribution is 5.92. The molecule has 0 bridgehead atoms. The van der Waals surface area contributed by atoms with E-state index in [1.54, 1.807) is 24.3 Å².